The summed E-state index contributed by atoms with van der Waals surface area (Å²) in [6.07, 6.45) is 0.132. The molecule has 0 aliphatic heterocycles. The van der Waals surface area contributed by atoms with Crippen molar-refractivity contribution in [2.24, 2.45) is 5.73 Å². The van der Waals surface area contributed by atoms with Crippen LogP contribution < -0.4 is 5.73 Å². The second-order valence-corrected chi connectivity index (χ2v) is 2.19. The number of hydrogen-bond acceptors (Lipinski definition) is 3. The van der Waals surface area contributed by atoms with Gasteiger partial charge in [0.05, 0.1) is 12.2 Å². The van der Waals surface area contributed by atoms with Gasteiger partial charge in [-0.1, -0.05) is 20.8 Å². The molecule has 0 aliphatic rings. The molecular weight excluding hydrogens is 142 g/mol. The second kappa shape index (κ2) is 9.88. The first-order valence-corrected chi connectivity index (χ1v) is 4.26. The van der Waals surface area contributed by atoms with Crippen LogP contribution in [0.1, 0.15) is 33.6 Å². The minimum Gasteiger partial charge on any atom is -0.393 e. The maximum atomic E-state index is 8.94. The monoisotopic (exact) mass is 163 g/mol. The van der Waals surface area contributed by atoms with Crippen LogP contribution in [0.25, 0.3) is 0 Å². The molecule has 0 bridgehead atoms. The topological polar surface area (TPSA) is 66.5 Å². The van der Waals surface area contributed by atoms with Crippen molar-refractivity contribution in [1.82, 2.24) is 0 Å². The number of rotatable bonds is 4. The minimum atomic E-state index is -0.542. The van der Waals surface area contributed by atoms with Gasteiger partial charge < -0.3 is 15.9 Å². The van der Waals surface area contributed by atoms with Crippen LogP contribution in [0.3, 0.4) is 0 Å². The first kappa shape index (κ1) is 13.5. The molecule has 2 unspecified atom stereocenters. The largest absolute Gasteiger partial charge is 0.393 e. The summed E-state index contributed by atoms with van der Waals surface area (Å²) in [5, 5.41) is 17.8. The van der Waals surface area contributed by atoms with Crippen LogP contribution >= 0.6 is 0 Å². The Morgan fingerprint density at radius 3 is 1.91 bits per heavy atom. The quantitative estimate of drug-likeness (QED) is 0.565. The summed E-state index contributed by atoms with van der Waals surface area (Å²) in [7, 11) is 0. The second-order valence-electron chi connectivity index (χ2n) is 2.19. The zero-order chi connectivity index (χ0) is 9.28. The van der Waals surface area contributed by atoms with E-state index in [9.17, 15) is 0 Å². The van der Waals surface area contributed by atoms with Gasteiger partial charge in [0.1, 0.15) is 0 Å². The lowest BCUT2D eigenvalue weighted by Gasteiger charge is -2.10. The summed E-state index contributed by atoms with van der Waals surface area (Å²) in [5.74, 6) is 0. The summed E-state index contributed by atoms with van der Waals surface area (Å²) in [5.41, 5.74) is 5.11. The molecular formula is C8H21NO2. The van der Waals surface area contributed by atoms with Crippen LogP contribution in [-0.2, 0) is 0 Å². The van der Waals surface area contributed by atoms with Crippen molar-refractivity contribution in [3.8, 4) is 0 Å². The van der Waals surface area contributed by atoms with Crippen LogP contribution in [0, 0.1) is 0 Å². The fourth-order valence-electron chi connectivity index (χ4n) is 0.577. The molecule has 0 aromatic carbocycles. The molecule has 0 radical (unpaired) electrons. The third kappa shape index (κ3) is 9.88. The highest BCUT2D eigenvalue weighted by molar-refractivity contribution is 4.61. The maximum absolute atomic E-state index is 8.94. The maximum Gasteiger partial charge on any atom is 0.0687 e. The van der Waals surface area contributed by atoms with Crippen LogP contribution in [-0.4, -0.2) is 29.0 Å². The summed E-state index contributed by atoms with van der Waals surface area (Å²) >= 11 is 0. The van der Waals surface area contributed by atoms with Gasteiger partial charge in [0.25, 0.3) is 0 Å². The van der Waals surface area contributed by atoms with E-state index in [1.165, 1.54) is 0 Å². The highest BCUT2D eigenvalue weighted by atomic mass is 16.3. The first-order chi connectivity index (χ1) is 5.20. The molecule has 0 heterocycles. The molecule has 11 heavy (non-hydrogen) atoms. The SMILES string of the molecule is CC.CCC(O)CC(O)CN. The highest BCUT2D eigenvalue weighted by Gasteiger charge is 2.06. The number of hydrogen-bond donors (Lipinski definition) is 3. The van der Waals surface area contributed by atoms with Crippen LogP contribution in [0.2, 0.25) is 0 Å². The molecule has 4 N–H and O–H groups in total. The molecule has 3 nitrogen and oxygen atoms in total. The molecule has 0 aromatic heterocycles. The molecule has 0 aliphatic carbocycles. The molecule has 3 heteroatoms. The Hall–Kier alpha value is -0.120. The van der Waals surface area contributed by atoms with Crippen molar-refractivity contribution < 1.29 is 10.2 Å². The van der Waals surface area contributed by atoms with Gasteiger partial charge in [-0.05, 0) is 6.42 Å². The Bertz CT molecular complexity index is 61.1. The molecule has 0 saturated heterocycles. The van der Waals surface area contributed by atoms with E-state index >= 15 is 0 Å². The molecule has 0 fully saturated rings. The van der Waals surface area contributed by atoms with Gasteiger partial charge in [-0.2, -0.15) is 0 Å². The van der Waals surface area contributed by atoms with Crippen molar-refractivity contribution in [2.75, 3.05) is 6.54 Å². The zero-order valence-corrected chi connectivity index (χ0v) is 7.75. The number of aliphatic hydroxyl groups is 2. The summed E-state index contributed by atoms with van der Waals surface area (Å²) in [6.45, 7) is 6.10. The summed E-state index contributed by atoms with van der Waals surface area (Å²) in [6, 6.07) is 0. The molecule has 70 valence electrons. The molecule has 0 spiro atoms. The Morgan fingerprint density at radius 1 is 1.18 bits per heavy atom. The minimum absolute atomic E-state index is 0.233. The lowest BCUT2D eigenvalue weighted by Crippen LogP contribution is -2.24. The smallest absolute Gasteiger partial charge is 0.0687 e. The normalized spacial score (nSPS) is 14.7. The molecule has 2 atom stereocenters. The van der Waals surface area contributed by atoms with Crippen molar-refractivity contribution in [3.63, 3.8) is 0 Å². The summed E-state index contributed by atoms with van der Waals surface area (Å²) in [4.78, 5) is 0. The fourth-order valence-corrected chi connectivity index (χ4v) is 0.577. The van der Waals surface area contributed by atoms with E-state index in [-0.39, 0.29) is 6.54 Å². The van der Waals surface area contributed by atoms with Gasteiger partial charge in [-0.25, -0.2) is 0 Å². The Labute approximate surface area is 69.2 Å². The van der Waals surface area contributed by atoms with Crippen molar-refractivity contribution in [3.05, 3.63) is 0 Å². The van der Waals surface area contributed by atoms with Gasteiger partial charge >= 0.3 is 0 Å². The van der Waals surface area contributed by atoms with Gasteiger partial charge in [-0.15, -0.1) is 0 Å². The van der Waals surface area contributed by atoms with E-state index in [2.05, 4.69) is 0 Å². The fraction of sp³-hybridized carbons (Fsp3) is 1.00. The molecule has 0 aromatic rings. The van der Waals surface area contributed by atoms with Crippen LogP contribution in [0.15, 0.2) is 0 Å². The van der Waals surface area contributed by atoms with Crippen LogP contribution in [0.4, 0.5) is 0 Å². The predicted molar refractivity (Wildman–Crippen MR) is 47.3 cm³/mol. The van der Waals surface area contributed by atoms with Gasteiger partial charge in [0, 0.05) is 13.0 Å². The lowest BCUT2D eigenvalue weighted by molar-refractivity contribution is 0.0830. The molecule has 0 rings (SSSR count). The van der Waals surface area contributed by atoms with E-state index in [4.69, 9.17) is 15.9 Å². The van der Waals surface area contributed by atoms with Crippen molar-refractivity contribution >= 4 is 0 Å². The third-order valence-corrected chi connectivity index (χ3v) is 1.29. The van der Waals surface area contributed by atoms with Crippen molar-refractivity contribution in [2.45, 2.75) is 45.8 Å². The van der Waals surface area contributed by atoms with Gasteiger partial charge in [-0.3, -0.25) is 0 Å². The first-order valence-electron chi connectivity index (χ1n) is 4.26. The Balaban J connectivity index is 0. The third-order valence-electron chi connectivity index (χ3n) is 1.29. The number of nitrogens with two attached hydrogens (primary N) is 1. The van der Waals surface area contributed by atoms with E-state index in [1.807, 2.05) is 20.8 Å². The van der Waals surface area contributed by atoms with Crippen LogP contribution in [0.5, 0.6) is 0 Å². The van der Waals surface area contributed by atoms with E-state index in [0.717, 1.165) is 0 Å². The Morgan fingerprint density at radius 2 is 1.64 bits per heavy atom. The highest BCUT2D eigenvalue weighted by Crippen LogP contribution is 1.99. The van der Waals surface area contributed by atoms with Gasteiger partial charge in [0.15, 0.2) is 0 Å². The molecule has 0 amide bonds. The van der Waals surface area contributed by atoms with Gasteiger partial charge in [0.2, 0.25) is 0 Å². The van der Waals surface area contributed by atoms with E-state index in [1.54, 1.807) is 0 Å². The molecule has 0 saturated carbocycles. The Kier molecular flexibility index (Phi) is 12.1. The zero-order valence-electron chi connectivity index (χ0n) is 7.75. The standard InChI is InChI=1S/C6H15NO2.C2H6/c1-2-5(8)3-6(9)4-7;1-2/h5-6,8-9H,2-4,7H2,1H3;1-2H3. The average Bonchev–Trinajstić information content (AvgIpc) is 2.07. The van der Waals surface area contributed by atoms with E-state index in [0.29, 0.717) is 12.8 Å². The average molecular weight is 163 g/mol. The van der Waals surface area contributed by atoms with Crippen molar-refractivity contribution in [1.29, 1.82) is 0 Å². The predicted octanol–water partition coefficient (Wildman–Crippen LogP) is 0.493. The summed E-state index contributed by atoms with van der Waals surface area (Å²) < 4.78 is 0. The van der Waals surface area contributed by atoms with E-state index < -0.39 is 12.2 Å². The lowest BCUT2D eigenvalue weighted by atomic mass is 10.1. The number of aliphatic hydroxyl groups excluding tert-OH is 2.